The highest BCUT2D eigenvalue weighted by Gasteiger charge is 2.17. The number of rotatable bonds is 8. The van der Waals surface area contributed by atoms with Crippen LogP contribution >= 0.6 is 11.6 Å². The molecule has 1 aromatic carbocycles. The summed E-state index contributed by atoms with van der Waals surface area (Å²) in [6.07, 6.45) is 0. The highest BCUT2D eigenvalue weighted by Crippen LogP contribution is 2.22. The summed E-state index contributed by atoms with van der Waals surface area (Å²) in [6, 6.07) is 5.90. The van der Waals surface area contributed by atoms with Crippen LogP contribution in [0.15, 0.2) is 23.1 Å². The van der Waals surface area contributed by atoms with Gasteiger partial charge in [-0.15, -0.1) is 0 Å². The van der Waals surface area contributed by atoms with Gasteiger partial charge in [0.1, 0.15) is 4.90 Å². The summed E-state index contributed by atoms with van der Waals surface area (Å²) in [7, 11) is -2.16. The van der Waals surface area contributed by atoms with Gasteiger partial charge in [-0.05, 0) is 18.2 Å². The van der Waals surface area contributed by atoms with E-state index in [0.29, 0.717) is 18.8 Å². The SMILES string of the molecule is COCCOCCNS(=O)(=O)c1ccc(C#N)cc1Cl. The van der Waals surface area contributed by atoms with Gasteiger partial charge in [0.05, 0.1) is 36.5 Å². The molecule has 0 aliphatic rings. The second kappa shape index (κ2) is 8.19. The van der Waals surface area contributed by atoms with E-state index in [1.54, 1.807) is 7.11 Å². The molecule has 0 atom stereocenters. The van der Waals surface area contributed by atoms with Gasteiger partial charge in [0.25, 0.3) is 0 Å². The van der Waals surface area contributed by atoms with Gasteiger partial charge in [-0.3, -0.25) is 0 Å². The standard InChI is InChI=1S/C12H15ClN2O4S/c1-18-6-7-19-5-4-15-20(16,17)12-3-2-10(9-14)8-11(12)13/h2-3,8,15H,4-7H2,1H3. The van der Waals surface area contributed by atoms with Gasteiger partial charge in [0.15, 0.2) is 0 Å². The van der Waals surface area contributed by atoms with Crippen LogP contribution in [0.1, 0.15) is 5.56 Å². The zero-order valence-corrected chi connectivity index (χ0v) is 12.5. The van der Waals surface area contributed by atoms with Crippen LogP contribution in [0, 0.1) is 11.3 Å². The number of sulfonamides is 1. The molecule has 6 nitrogen and oxygen atoms in total. The fraction of sp³-hybridized carbons (Fsp3) is 0.417. The van der Waals surface area contributed by atoms with E-state index in [2.05, 4.69) is 4.72 Å². The lowest BCUT2D eigenvalue weighted by Gasteiger charge is -2.09. The Morgan fingerprint density at radius 1 is 1.35 bits per heavy atom. The summed E-state index contributed by atoms with van der Waals surface area (Å²) in [5, 5.41) is 8.71. The first kappa shape index (κ1) is 16.9. The number of methoxy groups -OCH3 is 1. The first-order valence-electron chi connectivity index (χ1n) is 5.77. The topological polar surface area (TPSA) is 88.4 Å². The molecule has 0 aliphatic carbocycles. The van der Waals surface area contributed by atoms with Crippen molar-refractivity contribution in [3.63, 3.8) is 0 Å². The van der Waals surface area contributed by atoms with Gasteiger partial charge in [-0.1, -0.05) is 11.6 Å². The third-order valence-corrected chi connectivity index (χ3v) is 4.26. The largest absolute Gasteiger partial charge is 0.382 e. The third kappa shape index (κ3) is 5.07. The molecule has 20 heavy (non-hydrogen) atoms. The third-order valence-electron chi connectivity index (χ3n) is 2.32. The van der Waals surface area contributed by atoms with Crippen LogP contribution in [0.5, 0.6) is 0 Å². The molecule has 0 aliphatic heterocycles. The summed E-state index contributed by atoms with van der Waals surface area (Å²) < 4.78 is 36.3. The lowest BCUT2D eigenvalue weighted by atomic mass is 10.2. The molecule has 0 bridgehead atoms. The maximum atomic E-state index is 12.0. The molecular weight excluding hydrogens is 304 g/mol. The molecule has 0 radical (unpaired) electrons. The minimum Gasteiger partial charge on any atom is -0.382 e. The van der Waals surface area contributed by atoms with E-state index >= 15 is 0 Å². The quantitative estimate of drug-likeness (QED) is 0.726. The Kier molecular flexibility index (Phi) is 6.91. The number of nitrogens with zero attached hydrogens (tertiary/aromatic N) is 1. The number of nitrogens with one attached hydrogen (secondary N) is 1. The van der Waals surface area contributed by atoms with E-state index in [4.69, 9.17) is 26.3 Å². The molecule has 0 amide bonds. The first-order valence-corrected chi connectivity index (χ1v) is 7.63. The highest BCUT2D eigenvalue weighted by molar-refractivity contribution is 7.89. The Balaban J connectivity index is 2.59. The van der Waals surface area contributed by atoms with Crippen molar-refractivity contribution >= 4 is 21.6 Å². The average Bonchev–Trinajstić information content (AvgIpc) is 2.42. The van der Waals surface area contributed by atoms with E-state index in [1.165, 1.54) is 18.2 Å². The van der Waals surface area contributed by atoms with Crippen molar-refractivity contribution in [2.75, 3.05) is 33.5 Å². The molecule has 0 heterocycles. The molecule has 1 aromatic rings. The second-order valence-electron chi connectivity index (χ2n) is 3.76. The fourth-order valence-electron chi connectivity index (χ4n) is 1.36. The zero-order valence-electron chi connectivity index (χ0n) is 10.9. The van der Waals surface area contributed by atoms with Crippen molar-refractivity contribution in [1.29, 1.82) is 5.26 Å². The predicted octanol–water partition coefficient (Wildman–Crippen LogP) is 1.15. The van der Waals surface area contributed by atoms with Gasteiger partial charge in [-0.2, -0.15) is 5.26 Å². The number of nitriles is 1. The van der Waals surface area contributed by atoms with Crippen LogP contribution in [0.25, 0.3) is 0 Å². The van der Waals surface area contributed by atoms with Gasteiger partial charge < -0.3 is 9.47 Å². The fourth-order valence-corrected chi connectivity index (χ4v) is 2.91. The van der Waals surface area contributed by atoms with E-state index in [1.807, 2.05) is 6.07 Å². The van der Waals surface area contributed by atoms with E-state index in [0.717, 1.165) is 0 Å². The molecule has 0 saturated heterocycles. The van der Waals surface area contributed by atoms with Gasteiger partial charge in [0.2, 0.25) is 10.0 Å². The Labute approximate surface area is 123 Å². The van der Waals surface area contributed by atoms with Gasteiger partial charge >= 0.3 is 0 Å². The van der Waals surface area contributed by atoms with Crippen LogP contribution in [-0.2, 0) is 19.5 Å². The lowest BCUT2D eigenvalue weighted by molar-refractivity contribution is 0.0736. The molecule has 110 valence electrons. The van der Waals surface area contributed by atoms with Crippen LogP contribution < -0.4 is 4.72 Å². The van der Waals surface area contributed by atoms with E-state index < -0.39 is 10.0 Å². The summed E-state index contributed by atoms with van der Waals surface area (Å²) in [6.45, 7) is 1.21. The number of hydrogen-bond donors (Lipinski definition) is 1. The number of benzene rings is 1. The zero-order chi connectivity index (χ0) is 15.0. The summed E-state index contributed by atoms with van der Waals surface area (Å²) in [5.41, 5.74) is 0.303. The van der Waals surface area contributed by atoms with Gasteiger partial charge in [-0.25, -0.2) is 13.1 Å². The Bertz CT molecular complexity index is 584. The van der Waals surface area contributed by atoms with E-state index in [-0.39, 0.29) is 23.1 Å². The van der Waals surface area contributed by atoms with Crippen LogP contribution in [0.3, 0.4) is 0 Å². The smallest absolute Gasteiger partial charge is 0.242 e. The van der Waals surface area contributed by atoms with Crippen molar-refractivity contribution in [3.8, 4) is 6.07 Å². The Morgan fingerprint density at radius 2 is 2.10 bits per heavy atom. The molecule has 0 saturated carbocycles. The molecule has 8 heteroatoms. The molecule has 0 fully saturated rings. The molecule has 0 aromatic heterocycles. The normalized spacial score (nSPS) is 11.2. The summed E-state index contributed by atoms with van der Waals surface area (Å²) in [5.74, 6) is 0. The lowest BCUT2D eigenvalue weighted by Crippen LogP contribution is -2.28. The summed E-state index contributed by atoms with van der Waals surface area (Å²) >= 11 is 5.86. The highest BCUT2D eigenvalue weighted by atomic mass is 35.5. The molecule has 1 N–H and O–H groups in total. The number of hydrogen-bond acceptors (Lipinski definition) is 5. The molecule has 0 spiro atoms. The van der Waals surface area contributed by atoms with Crippen LogP contribution in [-0.4, -0.2) is 41.9 Å². The predicted molar refractivity (Wildman–Crippen MR) is 74.1 cm³/mol. The minimum atomic E-state index is -3.71. The van der Waals surface area contributed by atoms with Crippen molar-refractivity contribution in [2.24, 2.45) is 0 Å². The average molecular weight is 319 g/mol. The second-order valence-corrected chi connectivity index (χ2v) is 5.90. The Hall–Kier alpha value is -1.17. The number of ether oxygens (including phenoxy) is 2. The van der Waals surface area contributed by atoms with Crippen molar-refractivity contribution < 1.29 is 17.9 Å². The van der Waals surface area contributed by atoms with Crippen molar-refractivity contribution in [2.45, 2.75) is 4.90 Å². The molecular formula is C12H15ClN2O4S. The van der Waals surface area contributed by atoms with E-state index in [9.17, 15) is 8.42 Å². The Morgan fingerprint density at radius 3 is 2.70 bits per heavy atom. The van der Waals surface area contributed by atoms with Crippen LogP contribution in [0.4, 0.5) is 0 Å². The van der Waals surface area contributed by atoms with Gasteiger partial charge in [0, 0.05) is 13.7 Å². The maximum absolute atomic E-state index is 12.0. The minimum absolute atomic E-state index is 0.0110. The van der Waals surface area contributed by atoms with Crippen molar-refractivity contribution in [1.82, 2.24) is 4.72 Å². The molecule has 0 unspecified atom stereocenters. The molecule has 1 rings (SSSR count). The maximum Gasteiger partial charge on any atom is 0.242 e. The van der Waals surface area contributed by atoms with Crippen LogP contribution in [0.2, 0.25) is 5.02 Å². The van der Waals surface area contributed by atoms with Crippen molar-refractivity contribution in [3.05, 3.63) is 28.8 Å². The first-order chi connectivity index (χ1) is 9.51. The summed E-state index contributed by atoms with van der Waals surface area (Å²) in [4.78, 5) is -0.0601. The number of halogens is 1. The monoisotopic (exact) mass is 318 g/mol.